The summed E-state index contributed by atoms with van der Waals surface area (Å²) in [5.74, 6) is -1.67. The highest BCUT2D eigenvalue weighted by Crippen LogP contribution is 2.53. The molecule has 0 unspecified atom stereocenters. The molecular formula is C20H12O4. The zero-order chi connectivity index (χ0) is 16.6. The van der Waals surface area contributed by atoms with Crippen molar-refractivity contribution < 1.29 is 20.4 Å². The first-order chi connectivity index (χ1) is 11.6. The van der Waals surface area contributed by atoms with E-state index < -0.39 is 11.5 Å². The summed E-state index contributed by atoms with van der Waals surface area (Å²) in [7, 11) is 0. The Morgan fingerprint density at radius 2 is 1.08 bits per heavy atom. The van der Waals surface area contributed by atoms with Crippen LogP contribution in [0.4, 0.5) is 0 Å². The van der Waals surface area contributed by atoms with E-state index in [2.05, 4.69) is 0 Å². The minimum Gasteiger partial charge on any atom is -0.507 e. The molecule has 0 aliphatic carbocycles. The van der Waals surface area contributed by atoms with E-state index in [-0.39, 0.29) is 16.9 Å². The monoisotopic (exact) mass is 316 g/mol. The van der Waals surface area contributed by atoms with Gasteiger partial charge in [-0.25, -0.2) is 0 Å². The van der Waals surface area contributed by atoms with Gasteiger partial charge in [-0.1, -0.05) is 42.5 Å². The smallest absolute Gasteiger partial charge is 0.201 e. The number of phenolic OH excluding ortho intramolecular Hbond substituents is 4. The second kappa shape index (κ2) is 4.11. The van der Waals surface area contributed by atoms with Crippen LogP contribution in [0.5, 0.6) is 23.0 Å². The van der Waals surface area contributed by atoms with Gasteiger partial charge in [-0.15, -0.1) is 0 Å². The summed E-state index contributed by atoms with van der Waals surface area (Å²) in [6.07, 6.45) is 0. The molecule has 0 aromatic heterocycles. The van der Waals surface area contributed by atoms with E-state index >= 15 is 0 Å². The van der Waals surface area contributed by atoms with E-state index in [0.717, 1.165) is 26.9 Å². The van der Waals surface area contributed by atoms with Gasteiger partial charge in [0, 0.05) is 10.8 Å². The van der Waals surface area contributed by atoms with Crippen LogP contribution in [0.3, 0.4) is 0 Å². The van der Waals surface area contributed by atoms with Gasteiger partial charge in [0.2, 0.25) is 5.75 Å². The SMILES string of the molecule is Oc1c(O)c2c(O)ccc3c4cccc5cccc(c(c1O)c23)c54. The number of hydrogen-bond donors (Lipinski definition) is 4. The van der Waals surface area contributed by atoms with Crippen LogP contribution >= 0.6 is 0 Å². The summed E-state index contributed by atoms with van der Waals surface area (Å²) in [4.78, 5) is 0. The van der Waals surface area contributed by atoms with Crippen LogP contribution in [-0.2, 0) is 0 Å². The Labute approximate surface area is 135 Å². The molecule has 0 aliphatic heterocycles. The first kappa shape index (κ1) is 13.1. The van der Waals surface area contributed by atoms with E-state index in [1.165, 1.54) is 6.07 Å². The normalized spacial score (nSPS) is 12.0. The van der Waals surface area contributed by atoms with E-state index in [1.54, 1.807) is 6.07 Å². The summed E-state index contributed by atoms with van der Waals surface area (Å²) in [5.41, 5.74) is 0. The Morgan fingerprint density at radius 3 is 1.83 bits per heavy atom. The predicted octanol–water partition coefficient (Wildman–Crippen LogP) is 4.56. The second-order valence-electron chi connectivity index (χ2n) is 6.01. The van der Waals surface area contributed by atoms with E-state index in [4.69, 9.17) is 0 Å². The lowest BCUT2D eigenvalue weighted by molar-refractivity contribution is 0.373. The van der Waals surface area contributed by atoms with Crippen molar-refractivity contribution in [2.45, 2.75) is 0 Å². The lowest BCUT2D eigenvalue weighted by Crippen LogP contribution is -1.89. The highest BCUT2D eigenvalue weighted by atomic mass is 16.3. The Hall–Kier alpha value is -3.40. The minimum absolute atomic E-state index is 0.143. The number of aromatic hydroxyl groups is 4. The highest BCUT2D eigenvalue weighted by Gasteiger charge is 2.23. The summed E-state index contributed by atoms with van der Waals surface area (Å²) >= 11 is 0. The van der Waals surface area contributed by atoms with Crippen LogP contribution in [0.2, 0.25) is 0 Å². The summed E-state index contributed by atoms with van der Waals surface area (Å²) in [6, 6.07) is 14.9. The van der Waals surface area contributed by atoms with E-state index in [1.807, 2.05) is 36.4 Å². The van der Waals surface area contributed by atoms with Crippen LogP contribution in [0, 0.1) is 0 Å². The van der Waals surface area contributed by atoms with Gasteiger partial charge in [0.15, 0.2) is 11.5 Å². The predicted molar refractivity (Wildman–Crippen MR) is 94.3 cm³/mol. The second-order valence-corrected chi connectivity index (χ2v) is 6.01. The van der Waals surface area contributed by atoms with Crippen molar-refractivity contribution in [2.75, 3.05) is 0 Å². The molecule has 0 bridgehead atoms. The zero-order valence-corrected chi connectivity index (χ0v) is 12.4. The van der Waals surface area contributed by atoms with E-state index in [0.29, 0.717) is 10.8 Å². The maximum absolute atomic E-state index is 10.5. The number of rotatable bonds is 0. The number of fused-ring (bicyclic) bond motifs is 2. The average molecular weight is 316 g/mol. The fraction of sp³-hybridized carbons (Fsp3) is 0. The molecule has 5 aromatic carbocycles. The molecule has 0 radical (unpaired) electrons. The third-order valence-corrected chi connectivity index (χ3v) is 4.82. The molecule has 0 aliphatic rings. The van der Waals surface area contributed by atoms with Crippen molar-refractivity contribution in [3.05, 3.63) is 48.5 Å². The van der Waals surface area contributed by atoms with Gasteiger partial charge in [-0.2, -0.15) is 0 Å². The van der Waals surface area contributed by atoms with Gasteiger partial charge in [0.25, 0.3) is 0 Å². The number of hydrogen-bond acceptors (Lipinski definition) is 4. The van der Waals surface area contributed by atoms with E-state index in [9.17, 15) is 20.4 Å². The van der Waals surface area contributed by atoms with Gasteiger partial charge in [-0.05, 0) is 33.0 Å². The summed E-state index contributed by atoms with van der Waals surface area (Å²) in [6.45, 7) is 0. The molecule has 0 amide bonds. The van der Waals surface area contributed by atoms with Gasteiger partial charge in [0.05, 0.1) is 5.39 Å². The standard InChI is InChI=1S/C20H12O4/c21-13-8-7-11-10-5-1-3-9-4-2-6-12(14(9)10)16-15(11)17(13)19(23)20(24)18(16)22/h1-8,21-24H. The maximum Gasteiger partial charge on any atom is 0.201 e. The van der Waals surface area contributed by atoms with Gasteiger partial charge in [0.1, 0.15) is 5.75 Å². The van der Waals surface area contributed by atoms with Crippen molar-refractivity contribution in [1.82, 2.24) is 0 Å². The average Bonchev–Trinajstić information content (AvgIpc) is 2.59. The molecule has 0 fully saturated rings. The Morgan fingerprint density at radius 1 is 0.458 bits per heavy atom. The molecule has 0 atom stereocenters. The lowest BCUT2D eigenvalue weighted by atomic mass is 9.88. The molecule has 4 nitrogen and oxygen atoms in total. The van der Waals surface area contributed by atoms with Crippen molar-refractivity contribution in [1.29, 1.82) is 0 Å². The van der Waals surface area contributed by atoms with Gasteiger partial charge in [-0.3, -0.25) is 0 Å². The van der Waals surface area contributed by atoms with Gasteiger partial charge < -0.3 is 20.4 Å². The molecule has 0 heterocycles. The topological polar surface area (TPSA) is 80.9 Å². The van der Waals surface area contributed by atoms with Crippen molar-refractivity contribution in [3.63, 3.8) is 0 Å². The largest absolute Gasteiger partial charge is 0.507 e. The summed E-state index contributed by atoms with van der Waals surface area (Å²) < 4.78 is 0. The lowest BCUT2D eigenvalue weighted by Gasteiger charge is -2.17. The van der Waals surface area contributed by atoms with Crippen molar-refractivity contribution in [2.24, 2.45) is 0 Å². The van der Waals surface area contributed by atoms with Crippen molar-refractivity contribution in [3.8, 4) is 23.0 Å². The Bertz CT molecular complexity index is 1280. The third-order valence-electron chi connectivity index (χ3n) is 4.82. The third kappa shape index (κ3) is 1.34. The molecule has 5 aromatic rings. The molecule has 0 saturated heterocycles. The van der Waals surface area contributed by atoms with Gasteiger partial charge >= 0.3 is 0 Å². The molecule has 116 valence electrons. The molecule has 0 saturated carbocycles. The zero-order valence-electron chi connectivity index (χ0n) is 12.4. The maximum atomic E-state index is 10.5. The molecule has 4 heteroatoms. The van der Waals surface area contributed by atoms with Crippen molar-refractivity contribution >= 4 is 43.1 Å². The number of phenols is 4. The van der Waals surface area contributed by atoms with Crippen LogP contribution in [0.25, 0.3) is 43.1 Å². The van der Waals surface area contributed by atoms with Crippen LogP contribution < -0.4 is 0 Å². The minimum atomic E-state index is -0.624. The Kier molecular flexibility index (Phi) is 2.24. The highest BCUT2D eigenvalue weighted by molar-refractivity contribution is 6.35. The summed E-state index contributed by atoms with van der Waals surface area (Å²) in [5, 5.41) is 46.8. The first-order valence-corrected chi connectivity index (χ1v) is 7.54. The fourth-order valence-electron chi connectivity index (χ4n) is 3.82. The van der Waals surface area contributed by atoms with Crippen LogP contribution in [-0.4, -0.2) is 20.4 Å². The fourth-order valence-corrected chi connectivity index (χ4v) is 3.82. The molecular weight excluding hydrogens is 304 g/mol. The molecule has 4 N–H and O–H groups in total. The first-order valence-electron chi connectivity index (χ1n) is 7.54. The Balaban J connectivity index is 2.32. The number of benzene rings is 5. The molecule has 24 heavy (non-hydrogen) atoms. The van der Waals surface area contributed by atoms with Crippen LogP contribution in [0.1, 0.15) is 0 Å². The molecule has 5 rings (SSSR count). The quantitative estimate of drug-likeness (QED) is 0.192. The molecule has 0 spiro atoms. The van der Waals surface area contributed by atoms with Crippen LogP contribution in [0.15, 0.2) is 48.5 Å².